The monoisotopic (exact) mass is 430 g/mol. The van der Waals surface area contributed by atoms with Crippen LogP contribution in [0, 0.1) is 36.5 Å². The van der Waals surface area contributed by atoms with Crippen molar-refractivity contribution in [2.75, 3.05) is 11.1 Å². The van der Waals surface area contributed by atoms with E-state index in [-0.39, 0.29) is 0 Å². The molecule has 1 aromatic heterocycles. The summed E-state index contributed by atoms with van der Waals surface area (Å²) in [5.41, 5.74) is 14.3. The third-order valence-electron chi connectivity index (χ3n) is 5.41. The Kier molecular flexibility index (Phi) is 5.76. The molecule has 0 saturated heterocycles. The molecule has 0 saturated carbocycles. The highest BCUT2D eigenvalue weighted by Gasteiger charge is 2.15. The number of nitrogen functional groups attached to an aromatic ring is 1. The predicted octanol–water partition coefficient (Wildman–Crippen LogP) is 6.04. The minimum Gasteiger partial charge on any atom is -0.383 e. The minimum absolute atomic E-state index is 0.386. The van der Waals surface area contributed by atoms with Gasteiger partial charge in [0.05, 0.1) is 23.2 Å². The molecular formula is C27H22N6. The molecule has 6 nitrogen and oxygen atoms in total. The predicted molar refractivity (Wildman–Crippen MR) is 133 cm³/mol. The van der Waals surface area contributed by atoms with Gasteiger partial charge in [-0.2, -0.15) is 15.5 Å². The highest BCUT2D eigenvalue weighted by molar-refractivity contribution is 6.00. The maximum absolute atomic E-state index is 9.11. The highest BCUT2D eigenvalue weighted by Crippen LogP contribution is 2.35. The van der Waals surface area contributed by atoms with Gasteiger partial charge in [-0.1, -0.05) is 24.3 Å². The first kappa shape index (κ1) is 21.5. The summed E-state index contributed by atoms with van der Waals surface area (Å²) in [7, 11) is 0. The summed E-state index contributed by atoms with van der Waals surface area (Å²) in [6, 6.07) is 21.4. The Hall–Kier alpha value is -4.68. The molecule has 0 fully saturated rings. The number of nitrogens with two attached hydrogens (primary N) is 1. The van der Waals surface area contributed by atoms with Gasteiger partial charge in [-0.3, -0.25) is 0 Å². The Bertz CT molecular complexity index is 1460. The average molecular weight is 431 g/mol. The van der Waals surface area contributed by atoms with Gasteiger partial charge in [-0.25, -0.2) is 4.98 Å². The molecule has 160 valence electrons. The second kappa shape index (κ2) is 8.82. The van der Waals surface area contributed by atoms with Gasteiger partial charge in [-0.05, 0) is 79.4 Å². The van der Waals surface area contributed by atoms with E-state index in [0.29, 0.717) is 22.9 Å². The van der Waals surface area contributed by atoms with E-state index < -0.39 is 0 Å². The lowest BCUT2D eigenvalue weighted by atomic mass is 9.91. The number of aromatic nitrogens is 2. The standard InChI is InChI=1S/C27H22N6/c1-16(14-28)11-20-12-17(2)24(18(3)13-20)22-5-4-6-23-25(22)32-27(33-26(23)30)31-21-9-7-19(15-29)8-10-21/h4-13H,1-3H3,(H3,30,31,32,33)/b16-11-. The number of fused-ring (bicyclic) bond motifs is 1. The summed E-state index contributed by atoms with van der Waals surface area (Å²) < 4.78 is 0. The van der Waals surface area contributed by atoms with Crippen molar-refractivity contribution in [1.82, 2.24) is 9.97 Å². The van der Waals surface area contributed by atoms with Crippen molar-refractivity contribution in [3.05, 3.63) is 82.4 Å². The second-order valence-corrected chi connectivity index (χ2v) is 7.92. The molecule has 4 aromatic rings. The van der Waals surface area contributed by atoms with Gasteiger partial charge in [0, 0.05) is 22.2 Å². The second-order valence-electron chi connectivity index (χ2n) is 7.92. The molecule has 0 unspecified atom stereocenters. The lowest BCUT2D eigenvalue weighted by Crippen LogP contribution is -2.03. The summed E-state index contributed by atoms with van der Waals surface area (Å²) in [6.45, 7) is 5.91. The van der Waals surface area contributed by atoms with E-state index in [1.54, 1.807) is 31.2 Å². The van der Waals surface area contributed by atoms with Gasteiger partial charge in [0.25, 0.3) is 0 Å². The molecule has 0 aliphatic heterocycles. The summed E-state index contributed by atoms with van der Waals surface area (Å²) in [5.74, 6) is 0.772. The fraction of sp³-hybridized carbons (Fsp3) is 0.111. The van der Waals surface area contributed by atoms with Crippen molar-refractivity contribution in [1.29, 1.82) is 10.5 Å². The molecule has 33 heavy (non-hydrogen) atoms. The molecule has 6 heteroatoms. The molecule has 0 amide bonds. The van der Waals surface area contributed by atoms with Crippen LogP contribution in [0.15, 0.2) is 60.2 Å². The van der Waals surface area contributed by atoms with Crippen molar-refractivity contribution in [3.63, 3.8) is 0 Å². The number of hydrogen-bond donors (Lipinski definition) is 2. The van der Waals surface area contributed by atoms with Crippen molar-refractivity contribution >= 4 is 34.4 Å². The SMILES string of the molecule is C/C(C#N)=C/c1cc(C)c(-c2cccc3c(N)nc(Nc4ccc(C#N)cc4)nc23)c(C)c1. The molecule has 0 atom stereocenters. The fourth-order valence-electron chi connectivity index (χ4n) is 3.98. The summed E-state index contributed by atoms with van der Waals surface area (Å²) in [5, 5.41) is 22.1. The highest BCUT2D eigenvalue weighted by atomic mass is 15.1. The Morgan fingerprint density at radius 1 is 1.00 bits per heavy atom. The molecule has 1 heterocycles. The average Bonchev–Trinajstić information content (AvgIpc) is 2.79. The van der Waals surface area contributed by atoms with E-state index in [1.807, 2.05) is 24.3 Å². The topological polar surface area (TPSA) is 111 Å². The van der Waals surface area contributed by atoms with Crippen molar-refractivity contribution in [3.8, 4) is 23.3 Å². The van der Waals surface area contributed by atoms with Crippen molar-refractivity contribution < 1.29 is 0 Å². The first-order valence-corrected chi connectivity index (χ1v) is 10.4. The van der Waals surface area contributed by atoms with E-state index >= 15 is 0 Å². The Balaban J connectivity index is 1.84. The number of nitrogens with zero attached hydrogens (tertiary/aromatic N) is 4. The molecular weight excluding hydrogens is 408 g/mol. The summed E-state index contributed by atoms with van der Waals surface area (Å²) >= 11 is 0. The molecule has 0 radical (unpaired) electrons. The quantitative estimate of drug-likeness (QED) is 0.382. The minimum atomic E-state index is 0.386. The molecule has 3 N–H and O–H groups in total. The van der Waals surface area contributed by atoms with Crippen LogP contribution in [-0.4, -0.2) is 9.97 Å². The number of allylic oxidation sites excluding steroid dienone is 1. The number of nitrogens with one attached hydrogen (secondary N) is 1. The van der Waals surface area contributed by atoms with Crippen LogP contribution in [0.4, 0.5) is 17.5 Å². The molecule has 0 spiro atoms. The molecule has 0 aliphatic carbocycles. The molecule has 0 bridgehead atoms. The van der Waals surface area contributed by atoms with E-state index in [9.17, 15) is 0 Å². The van der Waals surface area contributed by atoms with Crippen LogP contribution >= 0.6 is 0 Å². The third kappa shape index (κ3) is 4.37. The fourth-order valence-corrected chi connectivity index (χ4v) is 3.98. The van der Waals surface area contributed by atoms with Crippen LogP contribution in [0.1, 0.15) is 29.2 Å². The number of nitriles is 2. The smallest absolute Gasteiger partial charge is 0.229 e. The van der Waals surface area contributed by atoms with Gasteiger partial charge < -0.3 is 11.1 Å². The summed E-state index contributed by atoms with van der Waals surface area (Å²) in [6.07, 6.45) is 1.88. The van der Waals surface area contributed by atoms with Gasteiger partial charge in [-0.15, -0.1) is 0 Å². The lowest BCUT2D eigenvalue weighted by molar-refractivity contribution is 1.22. The van der Waals surface area contributed by atoms with Gasteiger partial charge in [0.2, 0.25) is 5.95 Å². The number of aryl methyl sites for hydroxylation is 2. The third-order valence-corrected chi connectivity index (χ3v) is 5.41. The first-order valence-electron chi connectivity index (χ1n) is 10.4. The zero-order valence-electron chi connectivity index (χ0n) is 18.6. The normalized spacial score (nSPS) is 11.1. The number of rotatable bonds is 4. The number of para-hydroxylation sites is 1. The van der Waals surface area contributed by atoms with Gasteiger partial charge in [0.1, 0.15) is 5.82 Å². The van der Waals surface area contributed by atoms with E-state index in [4.69, 9.17) is 21.2 Å². The largest absolute Gasteiger partial charge is 0.383 e. The lowest BCUT2D eigenvalue weighted by Gasteiger charge is -2.15. The maximum Gasteiger partial charge on any atom is 0.229 e. The summed E-state index contributed by atoms with van der Waals surface area (Å²) in [4.78, 5) is 9.22. The first-order chi connectivity index (χ1) is 15.9. The zero-order chi connectivity index (χ0) is 23.5. The van der Waals surface area contributed by atoms with Crippen LogP contribution in [0.25, 0.3) is 28.1 Å². The number of anilines is 3. The maximum atomic E-state index is 9.11. The van der Waals surface area contributed by atoms with E-state index in [1.165, 1.54) is 0 Å². The van der Waals surface area contributed by atoms with Crippen LogP contribution in [0.5, 0.6) is 0 Å². The van der Waals surface area contributed by atoms with E-state index in [0.717, 1.165) is 44.4 Å². The van der Waals surface area contributed by atoms with Gasteiger partial charge >= 0.3 is 0 Å². The van der Waals surface area contributed by atoms with Crippen LogP contribution in [0.3, 0.4) is 0 Å². The van der Waals surface area contributed by atoms with Crippen molar-refractivity contribution in [2.45, 2.75) is 20.8 Å². The van der Waals surface area contributed by atoms with Crippen LogP contribution in [-0.2, 0) is 0 Å². The molecule has 0 aliphatic rings. The Morgan fingerprint density at radius 3 is 2.33 bits per heavy atom. The Morgan fingerprint density at radius 2 is 1.70 bits per heavy atom. The van der Waals surface area contributed by atoms with Crippen molar-refractivity contribution in [2.24, 2.45) is 0 Å². The molecule has 3 aromatic carbocycles. The zero-order valence-corrected chi connectivity index (χ0v) is 18.6. The van der Waals surface area contributed by atoms with Crippen LogP contribution < -0.4 is 11.1 Å². The van der Waals surface area contributed by atoms with Gasteiger partial charge in [0.15, 0.2) is 0 Å². The van der Waals surface area contributed by atoms with Crippen LogP contribution in [0.2, 0.25) is 0 Å². The van der Waals surface area contributed by atoms with E-state index in [2.05, 4.69) is 48.4 Å². The number of benzene rings is 3. The number of hydrogen-bond acceptors (Lipinski definition) is 6. The Labute approximate surface area is 192 Å². The molecule has 4 rings (SSSR count).